The van der Waals surface area contributed by atoms with E-state index in [0.717, 1.165) is 22.0 Å². The lowest BCUT2D eigenvalue weighted by Crippen LogP contribution is -2.56. The first-order valence-corrected chi connectivity index (χ1v) is 11.9. The number of halogens is 2. The third-order valence-electron chi connectivity index (χ3n) is 7.12. The van der Waals surface area contributed by atoms with Crippen LogP contribution in [0, 0.1) is 30.6 Å². The van der Waals surface area contributed by atoms with Crippen molar-refractivity contribution < 1.29 is 19.2 Å². The molecule has 0 spiro atoms. The lowest BCUT2D eigenvalue weighted by atomic mass is 9.85. The van der Waals surface area contributed by atoms with E-state index >= 15 is 0 Å². The van der Waals surface area contributed by atoms with E-state index in [1.807, 2.05) is 19.1 Å². The zero-order chi connectivity index (χ0) is 24.3. The minimum atomic E-state index is -1.11. The molecule has 0 radical (unpaired) electrons. The van der Waals surface area contributed by atoms with Crippen LogP contribution in [0.15, 0.2) is 54.6 Å². The molecule has 1 heterocycles. The molecule has 8 heteroatoms. The van der Waals surface area contributed by atoms with E-state index in [9.17, 15) is 19.2 Å². The van der Waals surface area contributed by atoms with Gasteiger partial charge in [-0.2, -0.15) is 5.01 Å². The largest absolute Gasteiger partial charge is 0.292 e. The van der Waals surface area contributed by atoms with Crippen LogP contribution >= 0.6 is 23.2 Å². The third kappa shape index (κ3) is 3.48. The van der Waals surface area contributed by atoms with Crippen LogP contribution in [0.1, 0.15) is 39.6 Å². The molecule has 2 bridgehead atoms. The van der Waals surface area contributed by atoms with Crippen LogP contribution < -0.4 is 0 Å². The van der Waals surface area contributed by atoms with Gasteiger partial charge < -0.3 is 0 Å². The van der Waals surface area contributed by atoms with E-state index in [4.69, 9.17) is 23.2 Å². The summed E-state index contributed by atoms with van der Waals surface area (Å²) >= 11 is 12.1. The first-order chi connectivity index (χ1) is 16.2. The lowest BCUT2D eigenvalue weighted by Gasteiger charge is -2.35. The van der Waals surface area contributed by atoms with Crippen LogP contribution in [-0.4, -0.2) is 39.6 Å². The van der Waals surface area contributed by atoms with Gasteiger partial charge in [-0.15, -0.1) is 0 Å². The summed E-state index contributed by atoms with van der Waals surface area (Å²) in [5.41, 5.74) is 1.48. The van der Waals surface area contributed by atoms with E-state index in [2.05, 4.69) is 0 Å². The highest BCUT2D eigenvalue weighted by atomic mass is 35.5. The SMILES string of the molecule is Cc1ccc(C(=O)[C@H](C)N(C(=O)c2ccc(Cl)c(Cl)c2)N2C(=O)[C@@H]3[C@@H](C2=O)[C@H]2C=C[C@H]3C2)cc1. The summed E-state index contributed by atoms with van der Waals surface area (Å²) in [6.45, 7) is 3.43. The van der Waals surface area contributed by atoms with Gasteiger partial charge in [0.2, 0.25) is 0 Å². The van der Waals surface area contributed by atoms with Gasteiger partial charge in [-0.25, -0.2) is 5.01 Å². The Hall–Kier alpha value is -2.96. The topological polar surface area (TPSA) is 74.8 Å². The number of fused-ring (bicyclic) bond motifs is 5. The predicted molar refractivity (Wildman–Crippen MR) is 127 cm³/mol. The van der Waals surface area contributed by atoms with Gasteiger partial charge in [-0.3, -0.25) is 19.2 Å². The second-order valence-corrected chi connectivity index (χ2v) is 9.99. The first-order valence-electron chi connectivity index (χ1n) is 11.1. The summed E-state index contributed by atoms with van der Waals surface area (Å²) in [5.74, 6) is -3.00. The van der Waals surface area contributed by atoms with Crippen molar-refractivity contribution in [2.75, 3.05) is 0 Å². The van der Waals surface area contributed by atoms with Crippen molar-refractivity contribution in [1.29, 1.82) is 0 Å². The Kier molecular flexibility index (Phi) is 5.61. The van der Waals surface area contributed by atoms with Gasteiger partial charge in [0.1, 0.15) is 6.04 Å². The molecular weight excluding hydrogens is 475 g/mol. The molecule has 6 nitrogen and oxygen atoms in total. The van der Waals surface area contributed by atoms with Crippen molar-refractivity contribution in [1.82, 2.24) is 10.0 Å². The number of benzene rings is 2. The number of amides is 3. The van der Waals surface area contributed by atoms with Gasteiger partial charge in [-0.1, -0.05) is 65.2 Å². The van der Waals surface area contributed by atoms with Gasteiger partial charge in [0.05, 0.1) is 21.9 Å². The van der Waals surface area contributed by atoms with Crippen LogP contribution in [0.5, 0.6) is 0 Å². The number of carbonyl (C=O) groups excluding carboxylic acids is 4. The zero-order valence-electron chi connectivity index (χ0n) is 18.6. The number of hydrogen-bond acceptors (Lipinski definition) is 4. The van der Waals surface area contributed by atoms with Crippen LogP contribution in [-0.2, 0) is 9.59 Å². The average molecular weight is 497 g/mol. The highest BCUT2D eigenvalue weighted by molar-refractivity contribution is 6.42. The van der Waals surface area contributed by atoms with Crippen LogP contribution in [0.4, 0.5) is 0 Å². The Morgan fingerprint density at radius 2 is 1.47 bits per heavy atom. The van der Waals surface area contributed by atoms with E-state index in [0.29, 0.717) is 5.56 Å². The Balaban J connectivity index is 1.56. The summed E-state index contributed by atoms with van der Waals surface area (Å²) in [6.07, 6.45) is 4.72. The van der Waals surface area contributed by atoms with Gasteiger partial charge >= 0.3 is 0 Å². The summed E-state index contributed by atoms with van der Waals surface area (Å²) < 4.78 is 0. The normalized spacial score (nSPS) is 25.6. The number of nitrogens with zero attached hydrogens (tertiary/aromatic N) is 2. The molecule has 0 aromatic heterocycles. The first kappa shape index (κ1) is 22.8. The second-order valence-electron chi connectivity index (χ2n) is 9.17. The van der Waals surface area contributed by atoms with Crippen molar-refractivity contribution in [3.8, 4) is 0 Å². The maximum absolute atomic E-state index is 13.7. The fourth-order valence-corrected chi connectivity index (χ4v) is 5.67. The molecule has 2 aliphatic carbocycles. The van der Waals surface area contributed by atoms with Gasteiger partial charge in [0.15, 0.2) is 5.78 Å². The molecule has 3 amide bonds. The van der Waals surface area contributed by atoms with Crippen molar-refractivity contribution >= 4 is 46.7 Å². The Bertz CT molecular complexity index is 1230. The molecule has 3 aliphatic rings. The number of Topliss-reactive ketones (excluding diaryl/α,β-unsaturated/α-hetero) is 1. The third-order valence-corrected chi connectivity index (χ3v) is 7.86. The van der Waals surface area contributed by atoms with Crippen LogP contribution in [0.25, 0.3) is 0 Å². The molecular formula is C26H22Cl2N2O4. The molecule has 1 saturated heterocycles. The van der Waals surface area contributed by atoms with E-state index in [-0.39, 0.29) is 33.2 Å². The Labute approximate surface area is 207 Å². The standard InChI is InChI=1S/C26H22Cl2N2O4/c1-13-3-5-15(6-4-13)23(31)14(2)29(24(32)18-9-10-19(27)20(28)12-18)30-25(33)21-16-7-8-17(11-16)22(21)26(30)34/h3-10,12,14,16-17,21-22H,11H2,1-2H3/t14-,16-,17-,21-,22-/m0/s1. The van der Waals surface area contributed by atoms with Crippen molar-refractivity contribution in [2.45, 2.75) is 26.3 Å². The van der Waals surface area contributed by atoms with Crippen LogP contribution in [0.3, 0.4) is 0 Å². The van der Waals surface area contributed by atoms with Gasteiger partial charge in [0.25, 0.3) is 17.7 Å². The molecule has 5 atom stereocenters. The average Bonchev–Trinajstić information content (AvgIpc) is 3.51. The summed E-state index contributed by atoms with van der Waals surface area (Å²) in [4.78, 5) is 54.2. The molecule has 174 valence electrons. The zero-order valence-corrected chi connectivity index (χ0v) is 20.1. The number of ketones is 1. The highest BCUT2D eigenvalue weighted by Gasteiger charge is 2.61. The number of imide groups is 1. The van der Waals surface area contributed by atoms with Crippen molar-refractivity contribution in [3.63, 3.8) is 0 Å². The highest BCUT2D eigenvalue weighted by Crippen LogP contribution is 2.53. The van der Waals surface area contributed by atoms with Crippen molar-refractivity contribution in [2.24, 2.45) is 23.7 Å². The molecule has 2 fully saturated rings. The predicted octanol–water partition coefficient (Wildman–Crippen LogP) is 4.74. The van der Waals surface area contributed by atoms with E-state index < -0.39 is 35.6 Å². The molecule has 0 unspecified atom stereocenters. The second kappa shape index (κ2) is 8.36. The maximum atomic E-state index is 13.7. The molecule has 1 saturated carbocycles. The minimum Gasteiger partial charge on any atom is -0.292 e. The van der Waals surface area contributed by atoms with E-state index in [1.54, 1.807) is 24.3 Å². The quantitative estimate of drug-likeness (QED) is 0.340. The number of hydrogen-bond donors (Lipinski definition) is 0. The number of allylic oxidation sites excluding steroid dienone is 2. The number of carbonyl (C=O) groups is 4. The number of rotatable bonds is 5. The fraction of sp³-hybridized carbons (Fsp3) is 0.308. The van der Waals surface area contributed by atoms with E-state index in [1.165, 1.54) is 25.1 Å². The molecule has 0 N–H and O–H groups in total. The molecule has 34 heavy (non-hydrogen) atoms. The summed E-state index contributed by atoms with van der Waals surface area (Å²) in [6, 6.07) is 10.1. The Morgan fingerprint density at radius 3 is 2.03 bits per heavy atom. The molecule has 2 aromatic rings. The maximum Gasteiger partial charge on any atom is 0.273 e. The summed E-state index contributed by atoms with van der Waals surface area (Å²) in [7, 11) is 0. The fourth-order valence-electron chi connectivity index (χ4n) is 5.37. The smallest absolute Gasteiger partial charge is 0.273 e. The van der Waals surface area contributed by atoms with Crippen molar-refractivity contribution in [3.05, 3.63) is 81.4 Å². The van der Waals surface area contributed by atoms with Crippen LogP contribution in [0.2, 0.25) is 10.0 Å². The Morgan fingerprint density at radius 1 is 0.912 bits per heavy atom. The molecule has 1 aliphatic heterocycles. The number of aryl methyl sites for hydroxylation is 1. The lowest BCUT2D eigenvalue weighted by molar-refractivity contribution is -0.157. The molecule has 5 rings (SSSR count). The minimum absolute atomic E-state index is 0.0264. The molecule has 2 aromatic carbocycles. The van der Waals surface area contributed by atoms with Gasteiger partial charge in [0, 0.05) is 11.1 Å². The monoisotopic (exact) mass is 496 g/mol. The summed E-state index contributed by atoms with van der Waals surface area (Å²) in [5, 5.41) is 2.33. The van der Waals surface area contributed by atoms with Gasteiger partial charge in [-0.05, 0) is 50.3 Å². The number of hydrazine groups is 1.